The van der Waals surface area contributed by atoms with Crippen LogP contribution in [0.25, 0.3) is 10.9 Å². The Hall–Kier alpha value is -1.98. The molecule has 0 spiro atoms. The van der Waals surface area contributed by atoms with E-state index in [0.717, 1.165) is 15.6 Å². The van der Waals surface area contributed by atoms with E-state index in [4.69, 9.17) is 11.6 Å². The number of pyridine rings is 1. The van der Waals surface area contributed by atoms with E-state index in [2.05, 4.69) is 24.1 Å². The number of thiophene rings is 1. The average Bonchev–Trinajstić information content (AvgIpc) is 2.98. The Labute approximate surface area is 167 Å². The molecule has 2 heterocycles. The van der Waals surface area contributed by atoms with Crippen LogP contribution in [0.15, 0.2) is 42.6 Å². The van der Waals surface area contributed by atoms with E-state index in [1.165, 1.54) is 23.6 Å². The molecule has 0 radical (unpaired) electrons. The number of fused-ring (bicyclic) bond motifs is 1. The molecule has 0 saturated carbocycles. The maximum Gasteiger partial charge on any atom is 0.253 e. The van der Waals surface area contributed by atoms with Crippen LogP contribution in [0.1, 0.15) is 42.4 Å². The first-order valence-corrected chi connectivity index (χ1v) is 10.1. The summed E-state index contributed by atoms with van der Waals surface area (Å²) in [4.78, 5) is 18.2. The maximum absolute atomic E-state index is 13.8. The molecule has 0 fully saturated rings. The predicted octanol–water partition coefficient (Wildman–Crippen LogP) is 5.87. The number of halogens is 2. The summed E-state index contributed by atoms with van der Waals surface area (Å²) in [5.41, 5.74) is 0.274. The molecule has 1 unspecified atom stereocenters. The number of aromatic nitrogens is 1. The third-order valence-corrected chi connectivity index (χ3v) is 5.62. The van der Waals surface area contributed by atoms with E-state index < -0.39 is 11.4 Å². The molecule has 1 amide bonds. The molecule has 3 rings (SSSR count). The van der Waals surface area contributed by atoms with Crippen molar-refractivity contribution in [1.82, 2.24) is 10.3 Å². The molecule has 2 aromatic heterocycles. The van der Waals surface area contributed by atoms with Gasteiger partial charge in [-0.3, -0.25) is 9.78 Å². The minimum Gasteiger partial charge on any atom is -0.346 e. The van der Waals surface area contributed by atoms with Crippen molar-refractivity contribution in [1.29, 1.82) is 0 Å². The van der Waals surface area contributed by atoms with E-state index in [9.17, 15) is 9.18 Å². The second-order valence-electron chi connectivity index (χ2n) is 7.53. The highest BCUT2D eigenvalue weighted by molar-refractivity contribution is 7.16. The van der Waals surface area contributed by atoms with Gasteiger partial charge >= 0.3 is 0 Å². The Morgan fingerprint density at radius 1 is 1.33 bits per heavy atom. The summed E-state index contributed by atoms with van der Waals surface area (Å²) in [5, 5.41) is 3.78. The first kappa shape index (κ1) is 19.8. The van der Waals surface area contributed by atoms with Crippen LogP contribution < -0.4 is 5.32 Å². The van der Waals surface area contributed by atoms with Gasteiger partial charge in [0.25, 0.3) is 5.91 Å². The van der Waals surface area contributed by atoms with E-state index in [1.807, 2.05) is 19.1 Å². The third kappa shape index (κ3) is 4.85. The van der Waals surface area contributed by atoms with Gasteiger partial charge in [0.05, 0.1) is 9.90 Å². The number of benzene rings is 1. The lowest BCUT2D eigenvalue weighted by Gasteiger charge is -2.32. The van der Waals surface area contributed by atoms with Crippen LogP contribution in [0.4, 0.5) is 4.39 Å². The topological polar surface area (TPSA) is 42.0 Å². The Bertz CT molecular complexity index is 972. The van der Waals surface area contributed by atoms with E-state index in [-0.39, 0.29) is 11.4 Å². The lowest BCUT2D eigenvalue weighted by molar-refractivity contribution is 0.0894. The number of nitrogens with one attached hydrogen (secondary N) is 1. The van der Waals surface area contributed by atoms with Gasteiger partial charge in [0, 0.05) is 28.4 Å². The van der Waals surface area contributed by atoms with Crippen molar-refractivity contribution in [3.63, 3.8) is 0 Å². The number of hydrogen-bond donors (Lipinski definition) is 1. The smallest absolute Gasteiger partial charge is 0.253 e. The zero-order valence-corrected chi connectivity index (χ0v) is 17.1. The summed E-state index contributed by atoms with van der Waals surface area (Å²) in [6.07, 6.45) is 2.95. The zero-order chi connectivity index (χ0) is 19.6. The molecule has 6 heteroatoms. The summed E-state index contributed by atoms with van der Waals surface area (Å²) < 4.78 is 14.5. The summed E-state index contributed by atoms with van der Waals surface area (Å²) in [7, 11) is 0. The van der Waals surface area contributed by atoms with Crippen LogP contribution in [0.3, 0.4) is 0 Å². The van der Waals surface area contributed by atoms with Gasteiger partial charge in [0.15, 0.2) is 0 Å². The molecule has 3 nitrogen and oxygen atoms in total. The van der Waals surface area contributed by atoms with Crippen molar-refractivity contribution >= 4 is 39.7 Å². The Morgan fingerprint density at radius 2 is 2.11 bits per heavy atom. The molecule has 0 saturated heterocycles. The van der Waals surface area contributed by atoms with E-state index >= 15 is 0 Å². The van der Waals surface area contributed by atoms with Crippen LogP contribution >= 0.6 is 22.9 Å². The minimum atomic E-state index is -0.420. The quantitative estimate of drug-likeness (QED) is 0.558. The molecule has 0 aliphatic carbocycles. The number of carbonyl (C=O) groups is 1. The SMILES string of the molecule is CC(C)CC(C)(Cc1ccc(Cl)s1)NC(=O)c1cnc2c(F)cccc2c1. The largest absolute Gasteiger partial charge is 0.346 e. The van der Waals surface area contributed by atoms with Gasteiger partial charge in [-0.1, -0.05) is 37.6 Å². The van der Waals surface area contributed by atoms with Gasteiger partial charge in [-0.25, -0.2) is 4.39 Å². The first-order chi connectivity index (χ1) is 12.8. The number of nitrogens with zero attached hydrogens (tertiary/aromatic N) is 1. The van der Waals surface area contributed by atoms with Gasteiger partial charge < -0.3 is 5.32 Å². The predicted molar refractivity (Wildman–Crippen MR) is 110 cm³/mol. The van der Waals surface area contributed by atoms with Crippen LogP contribution in [-0.2, 0) is 6.42 Å². The van der Waals surface area contributed by atoms with Gasteiger partial charge in [-0.15, -0.1) is 11.3 Å². The van der Waals surface area contributed by atoms with Gasteiger partial charge in [0.2, 0.25) is 0 Å². The fourth-order valence-electron chi connectivity index (χ4n) is 3.49. The summed E-state index contributed by atoms with van der Waals surface area (Å²) in [6, 6.07) is 10.3. The number of hydrogen-bond acceptors (Lipinski definition) is 3. The minimum absolute atomic E-state index is 0.209. The van der Waals surface area contributed by atoms with Crippen molar-refractivity contribution in [3.8, 4) is 0 Å². The molecule has 0 aliphatic rings. The first-order valence-electron chi connectivity index (χ1n) is 8.87. The number of amides is 1. The van der Waals surface area contributed by atoms with Crippen LogP contribution in [-0.4, -0.2) is 16.4 Å². The van der Waals surface area contributed by atoms with Crippen molar-refractivity contribution in [2.24, 2.45) is 5.92 Å². The highest BCUT2D eigenvalue weighted by atomic mass is 35.5. The monoisotopic (exact) mass is 404 g/mol. The Morgan fingerprint density at radius 3 is 2.78 bits per heavy atom. The standard InChI is InChI=1S/C21H22ClFN2OS/c1-13(2)10-21(3,11-16-7-8-18(22)27-16)25-20(26)15-9-14-5-4-6-17(23)19(14)24-12-15/h4-9,12-13H,10-11H2,1-3H3,(H,25,26). The van der Waals surface area contributed by atoms with Gasteiger partial charge in [-0.05, 0) is 43.5 Å². The van der Waals surface area contributed by atoms with Crippen LogP contribution in [0.5, 0.6) is 0 Å². The van der Waals surface area contributed by atoms with E-state index in [0.29, 0.717) is 23.3 Å². The molecule has 142 valence electrons. The maximum atomic E-state index is 13.8. The summed E-state index contributed by atoms with van der Waals surface area (Å²) >= 11 is 7.59. The Kier molecular flexibility index (Phi) is 5.82. The highest BCUT2D eigenvalue weighted by Crippen LogP contribution is 2.29. The molecule has 1 aromatic carbocycles. The average molecular weight is 405 g/mol. The number of carbonyl (C=O) groups excluding carboxylic acids is 1. The molecular weight excluding hydrogens is 383 g/mol. The van der Waals surface area contributed by atoms with E-state index in [1.54, 1.807) is 18.2 Å². The van der Waals surface area contributed by atoms with Crippen molar-refractivity contribution in [2.45, 2.75) is 39.2 Å². The highest BCUT2D eigenvalue weighted by Gasteiger charge is 2.29. The lowest BCUT2D eigenvalue weighted by Crippen LogP contribution is -2.48. The molecule has 0 bridgehead atoms. The molecular formula is C21H22ClFN2OS. The summed E-state index contributed by atoms with van der Waals surface area (Å²) in [6.45, 7) is 6.31. The van der Waals surface area contributed by atoms with Crippen molar-refractivity contribution in [3.05, 3.63) is 63.2 Å². The molecule has 0 aliphatic heterocycles. The third-order valence-electron chi connectivity index (χ3n) is 4.39. The van der Waals surface area contributed by atoms with Gasteiger partial charge in [-0.2, -0.15) is 0 Å². The summed E-state index contributed by atoms with van der Waals surface area (Å²) in [5.74, 6) is -0.187. The Balaban J connectivity index is 1.85. The number of rotatable bonds is 6. The second-order valence-corrected chi connectivity index (χ2v) is 9.33. The molecule has 3 aromatic rings. The number of para-hydroxylation sites is 1. The molecule has 27 heavy (non-hydrogen) atoms. The molecule has 1 N–H and O–H groups in total. The van der Waals surface area contributed by atoms with Gasteiger partial charge in [0.1, 0.15) is 11.3 Å². The zero-order valence-electron chi connectivity index (χ0n) is 15.6. The fourth-order valence-corrected chi connectivity index (χ4v) is 4.77. The van der Waals surface area contributed by atoms with Crippen LogP contribution in [0, 0.1) is 11.7 Å². The fraction of sp³-hybridized carbons (Fsp3) is 0.333. The normalized spacial score (nSPS) is 13.7. The van der Waals surface area contributed by atoms with Crippen molar-refractivity contribution < 1.29 is 9.18 Å². The van der Waals surface area contributed by atoms with Crippen LogP contribution in [0.2, 0.25) is 4.34 Å². The second kappa shape index (κ2) is 7.95. The molecule has 1 atom stereocenters. The lowest BCUT2D eigenvalue weighted by atomic mass is 9.86. The van der Waals surface area contributed by atoms with Crippen molar-refractivity contribution in [2.75, 3.05) is 0 Å².